The quantitative estimate of drug-likeness (QED) is 0.480. The first-order chi connectivity index (χ1) is 12.8. The van der Waals surface area contributed by atoms with E-state index in [1.54, 1.807) is 23.1 Å². The Bertz CT molecular complexity index is 994. The zero-order valence-electron chi connectivity index (χ0n) is 13.7. The highest BCUT2D eigenvalue weighted by atomic mass is 32.2. The van der Waals surface area contributed by atoms with Crippen molar-refractivity contribution in [3.05, 3.63) is 65.0 Å². The molecule has 4 nitrogen and oxygen atoms in total. The van der Waals surface area contributed by atoms with Crippen molar-refractivity contribution in [3.8, 4) is 11.3 Å². The van der Waals surface area contributed by atoms with Gasteiger partial charge in [-0.05, 0) is 12.1 Å². The number of thioether (sulfide) groups is 1. The fourth-order valence-corrected chi connectivity index (χ4v) is 5.02. The highest BCUT2D eigenvalue weighted by Crippen LogP contribution is 2.26. The molecule has 0 spiro atoms. The maximum absolute atomic E-state index is 12.1. The van der Waals surface area contributed by atoms with E-state index in [4.69, 9.17) is 0 Å². The van der Waals surface area contributed by atoms with Crippen LogP contribution in [0.5, 0.6) is 0 Å². The number of nitrogens with one attached hydrogen (secondary N) is 1. The van der Waals surface area contributed by atoms with Gasteiger partial charge < -0.3 is 5.32 Å². The molecule has 0 unspecified atom stereocenters. The first-order valence-corrected chi connectivity index (χ1v) is 10.9. The van der Waals surface area contributed by atoms with Crippen molar-refractivity contribution in [1.82, 2.24) is 9.97 Å². The molecule has 2 heterocycles. The second-order valence-corrected chi connectivity index (χ2v) is 8.48. The first kappa shape index (κ1) is 17.2. The number of nitrogens with zero attached hydrogens (tertiary/aromatic N) is 2. The van der Waals surface area contributed by atoms with Crippen LogP contribution in [0.4, 0.5) is 5.13 Å². The summed E-state index contributed by atoms with van der Waals surface area (Å²) >= 11 is 4.69. The third kappa shape index (κ3) is 4.12. The van der Waals surface area contributed by atoms with E-state index in [1.165, 1.54) is 16.0 Å². The van der Waals surface area contributed by atoms with Crippen LogP contribution in [0.2, 0.25) is 0 Å². The van der Waals surface area contributed by atoms with Crippen LogP contribution in [0.15, 0.2) is 60.0 Å². The van der Waals surface area contributed by atoms with Gasteiger partial charge in [-0.25, -0.2) is 9.97 Å². The number of fused-ring (bicyclic) bond motifs is 1. The molecular formula is C19H15N3OS3. The van der Waals surface area contributed by atoms with Gasteiger partial charge in [0.25, 0.3) is 0 Å². The molecule has 0 radical (unpaired) electrons. The summed E-state index contributed by atoms with van der Waals surface area (Å²) in [6, 6.07) is 18.0. The molecule has 0 aliphatic carbocycles. The van der Waals surface area contributed by atoms with Gasteiger partial charge in [-0.3, -0.25) is 4.79 Å². The number of para-hydroxylation sites is 1. The molecule has 7 heteroatoms. The maximum atomic E-state index is 12.1. The van der Waals surface area contributed by atoms with Crippen molar-refractivity contribution in [2.24, 2.45) is 0 Å². The van der Waals surface area contributed by atoms with Crippen molar-refractivity contribution in [2.75, 3.05) is 11.1 Å². The normalized spacial score (nSPS) is 10.9. The van der Waals surface area contributed by atoms with Gasteiger partial charge in [0, 0.05) is 16.7 Å². The van der Waals surface area contributed by atoms with E-state index in [9.17, 15) is 4.79 Å². The lowest BCUT2D eigenvalue weighted by Gasteiger charge is -2.00. The van der Waals surface area contributed by atoms with Crippen LogP contribution >= 0.6 is 34.4 Å². The van der Waals surface area contributed by atoms with Crippen molar-refractivity contribution in [1.29, 1.82) is 0 Å². The average Bonchev–Trinajstić information content (AvgIpc) is 3.29. The zero-order chi connectivity index (χ0) is 17.8. The number of hydrogen-bond acceptors (Lipinski definition) is 6. The summed E-state index contributed by atoms with van der Waals surface area (Å²) < 4.78 is 1.18. The van der Waals surface area contributed by atoms with E-state index < -0.39 is 0 Å². The van der Waals surface area contributed by atoms with E-state index in [0.29, 0.717) is 10.9 Å². The van der Waals surface area contributed by atoms with Crippen LogP contribution < -0.4 is 5.32 Å². The SMILES string of the molecule is O=C(CSCc1nc2ccccc2s1)Nc1nc(-c2ccccc2)cs1. The van der Waals surface area contributed by atoms with E-state index >= 15 is 0 Å². The fourth-order valence-electron chi connectivity index (χ4n) is 2.44. The minimum Gasteiger partial charge on any atom is -0.301 e. The predicted molar refractivity (Wildman–Crippen MR) is 112 cm³/mol. The number of amides is 1. The standard InChI is InChI=1S/C19H15N3OS3/c23-17(11-24-12-18-20-14-8-4-5-9-16(14)26-18)22-19-21-15(10-25-19)13-6-2-1-3-7-13/h1-10H,11-12H2,(H,21,22,23). The molecule has 0 bridgehead atoms. The molecule has 0 aliphatic rings. The number of carbonyl (C=O) groups excluding carboxylic acids is 1. The Kier molecular flexibility index (Phi) is 5.29. The molecular weight excluding hydrogens is 382 g/mol. The van der Waals surface area contributed by atoms with Crippen LogP contribution in [0, 0.1) is 0 Å². The Morgan fingerprint density at radius 1 is 1.04 bits per heavy atom. The summed E-state index contributed by atoms with van der Waals surface area (Å²) in [4.78, 5) is 21.2. The number of aromatic nitrogens is 2. The van der Waals surface area contributed by atoms with Gasteiger partial charge in [-0.2, -0.15) is 0 Å². The number of anilines is 1. The van der Waals surface area contributed by atoms with Gasteiger partial charge in [0.05, 0.1) is 21.7 Å². The van der Waals surface area contributed by atoms with Crippen LogP contribution in [-0.4, -0.2) is 21.6 Å². The number of thiazole rings is 2. The van der Waals surface area contributed by atoms with E-state index in [-0.39, 0.29) is 5.91 Å². The first-order valence-electron chi connectivity index (χ1n) is 8.01. The molecule has 0 saturated heterocycles. The molecule has 1 amide bonds. The van der Waals surface area contributed by atoms with Crippen molar-refractivity contribution in [2.45, 2.75) is 5.75 Å². The topological polar surface area (TPSA) is 54.9 Å². The number of benzene rings is 2. The molecule has 0 aliphatic heterocycles. The Morgan fingerprint density at radius 2 is 1.85 bits per heavy atom. The number of carbonyl (C=O) groups is 1. The summed E-state index contributed by atoms with van der Waals surface area (Å²) in [6.45, 7) is 0. The lowest BCUT2D eigenvalue weighted by molar-refractivity contribution is -0.113. The third-order valence-corrected chi connectivity index (χ3v) is 6.54. The van der Waals surface area contributed by atoms with Crippen molar-refractivity contribution >= 4 is 55.7 Å². The number of rotatable bonds is 6. The van der Waals surface area contributed by atoms with Crippen LogP contribution in [0.1, 0.15) is 5.01 Å². The van der Waals surface area contributed by atoms with Gasteiger partial charge in [0.15, 0.2) is 5.13 Å². The average molecular weight is 398 g/mol. The number of hydrogen-bond donors (Lipinski definition) is 1. The highest BCUT2D eigenvalue weighted by molar-refractivity contribution is 7.99. The van der Waals surface area contributed by atoms with Crippen LogP contribution in [0.3, 0.4) is 0 Å². The Morgan fingerprint density at radius 3 is 2.69 bits per heavy atom. The smallest absolute Gasteiger partial charge is 0.236 e. The monoisotopic (exact) mass is 397 g/mol. The predicted octanol–water partition coefficient (Wildman–Crippen LogP) is 5.29. The van der Waals surface area contributed by atoms with Crippen LogP contribution in [-0.2, 0) is 10.5 Å². The summed E-state index contributed by atoms with van der Waals surface area (Å²) in [7, 11) is 0. The minimum atomic E-state index is -0.0370. The second kappa shape index (κ2) is 7.99. The van der Waals surface area contributed by atoms with Crippen molar-refractivity contribution < 1.29 is 4.79 Å². The molecule has 0 atom stereocenters. The molecule has 0 fully saturated rings. The molecule has 1 N–H and O–H groups in total. The van der Waals surface area contributed by atoms with Gasteiger partial charge in [0.2, 0.25) is 5.91 Å². The minimum absolute atomic E-state index is 0.0370. The molecule has 130 valence electrons. The Labute approximate surface area is 163 Å². The van der Waals surface area contributed by atoms with Crippen LogP contribution in [0.25, 0.3) is 21.5 Å². The Hall–Kier alpha value is -2.22. The molecule has 2 aromatic carbocycles. The van der Waals surface area contributed by atoms with E-state index in [2.05, 4.69) is 21.4 Å². The summed E-state index contributed by atoms with van der Waals surface area (Å²) in [5.74, 6) is 1.08. The molecule has 26 heavy (non-hydrogen) atoms. The van der Waals surface area contributed by atoms with E-state index in [1.807, 2.05) is 53.9 Å². The lowest BCUT2D eigenvalue weighted by atomic mass is 10.2. The van der Waals surface area contributed by atoms with Crippen molar-refractivity contribution in [3.63, 3.8) is 0 Å². The summed E-state index contributed by atoms with van der Waals surface area (Å²) in [6.07, 6.45) is 0. The largest absolute Gasteiger partial charge is 0.301 e. The molecule has 0 saturated carbocycles. The van der Waals surface area contributed by atoms with Gasteiger partial charge >= 0.3 is 0 Å². The van der Waals surface area contributed by atoms with Gasteiger partial charge in [-0.15, -0.1) is 34.4 Å². The molecule has 4 aromatic rings. The van der Waals surface area contributed by atoms with E-state index in [0.717, 1.165) is 27.5 Å². The van der Waals surface area contributed by atoms with Gasteiger partial charge in [0.1, 0.15) is 5.01 Å². The molecule has 4 rings (SSSR count). The molecule has 2 aromatic heterocycles. The lowest BCUT2D eigenvalue weighted by Crippen LogP contribution is -2.13. The Balaban J connectivity index is 1.29. The van der Waals surface area contributed by atoms with Gasteiger partial charge in [-0.1, -0.05) is 42.5 Å². The third-order valence-electron chi connectivity index (χ3n) is 3.62. The fraction of sp³-hybridized carbons (Fsp3) is 0.105. The highest BCUT2D eigenvalue weighted by Gasteiger charge is 2.09. The summed E-state index contributed by atoms with van der Waals surface area (Å²) in [5, 5.41) is 6.51. The summed E-state index contributed by atoms with van der Waals surface area (Å²) in [5.41, 5.74) is 2.95. The second-order valence-electron chi connectivity index (χ2n) is 5.52. The maximum Gasteiger partial charge on any atom is 0.236 e. The zero-order valence-corrected chi connectivity index (χ0v) is 16.2.